The van der Waals surface area contributed by atoms with Gasteiger partial charge in [-0.05, 0) is 31.2 Å². The fourth-order valence-electron chi connectivity index (χ4n) is 1.84. The Kier molecular flexibility index (Phi) is 2.26. The highest BCUT2D eigenvalue weighted by atomic mass is 19.1. The molecule has 2 aromatic heterocycles. The number of nitrogen functional groups attached to an aromatic ring is 1. The van der Waals surface area contributed by atoms with Crippen LogP contribution in [0, 0.1) is 12.7 Å². The number of anilines is 1. The molecule has 0 amide bonds. The predicted octanol–water partition coefficient (Wildman–Crippen LogP) is 2.43. The Bertz CT molecular complexity index is 733. The van der Waals surface area contributed by atoms with Crippen LogP contribution in [0.4, 0.5) is 10.1 Å². The van der Waals surface area contributed by atoms with Gasteiger partial charge in [0, 0.05) is 0 Å². The fourth-order valence-corrected chi connectivity index (χ4v) is 1.84. The zero-order valence-corrected chi connectivity index (χ0v) is 9.76. The molecule has 0 radical (unpaired) electrons. The average Bonchev–Trinajstić information content (AvgIpc) is 2.79. The summed E-state index contributed by atoms with van der Waals surface area (Å²) in [5, 5.41) is 4.29. The Balaban J connectivity index is 2.26. The van der Waals surface area contributed by atoms with Crippen LogP contribution in [0.1, 0.15) is 5.69 Å². The van der Waals surface area contributed by atoms with Gasteiger partial charge in [0.05, 0.1) is 16.9 Å². The van der Waals surface area contributed by atoms with Gasteiger partial charge in [-0.1, -0.05) is 12.1 Å². The minimum Gasteiger partial charge on any atom is -0.397 e. The van der Waals surface area contributed by atoms with Crippen molar-refractivity contribution in [2.45, 2.75) is 6.92 Å². The third-order valence-corrected chi connectivity index (χ3v) is 2.89. The number of rotatable bonds is 1. The number of nitrogens with two attached hydrogens (primary N) is 1. The van der Waals surface area contributed by atoms with E-state index in [1.807, 2.05) is 6.92 Å². The first-order valence-corrected chi connectivity index (χ1v) is 5.53. The Labute approximate surface area is 103 Å². The number of fused-ring (bicyclic) bond motifs is 1. The first kappa shape index (κ1) is 10.7. The molecule has 0 aliphatic carbocycles. The number of aromatic nitrogens is 3. The van der Waals surface area contributed by atoms with Crippen LogP contribution in [0.15, 0.2) is 36.4 Å². The van der Waals surface area contributed by atoms with E-state index in [1.165, 1.54) is 6.07 Å². The molecule has 3 aromatic rings. The normalized spacial score (nSPS) is 11.0. The molecule has 0 spiro atoms. The second kappa shape index (κ2) is 3.80. The third-order valence-electron chi connectivity index (χ3n) is 2.89. The highest BCUT2D eigenvalue weighted by Crippen LogP contribution is 2.21. The smallest absolute Gasteiger partial charge is 0.185 e. The van der Waals surface area contributed by atoms with E-state index in [-0.39, 0.29) is 5.82 Å². The maximum absolute atomic E-state index is 13.7. The molecule has 0 saturated carbocycles. The highest BCUT2D eigenvalue weighted by Gasteiger charge is 2.12. The summed E-state index contributed by atoms with van der Waals surface area (Å²) < 4.78 is 15.3. The summed E-state index contributed by atoms with van der Waals surface area (Å²) >= 11 is 0. The lowest BCUT2D eigenvalue weighted by Crippen LogP contribution is -1.99. The van der Waals surface area contributed by atoms with Gasteiger partial charge in [0.2, 0.25) is 0 Å². The van der Waals surface area contributed by atoms with Crippen molar-refractivity contribution in [2.24, 2.45) is 0 Å². The third kappa shape index (κ3) is 1.52. The van der Waals surface area contributed by atoms with E-state index in [0.717, 1.165) is 5.69 Å². The molecule has 0 saturated heterocycles. The van der Waals surface area contributed by atoms with Gasteiger partial charge in [-0.25, -0.2) is 13.9 Å². The summed E-state index contributed by atoms with van der Waals surface area (Å²) in [6.07, 6.45) is 0. The summed E-state index contributed by atoms with van der Waals surface area (Å²) in [7, 11) is 0. The summed E-state index contributed by atoms with van der Waals surface area (Å²) in [4.78, 5) is 4.30. The molecule has 0 aliphatic heterocycles. The summed E-state index contributed by atoms with van der Waals surface area (Å²) in [5.74, 6) is 0.0285. The number of pyridine rings is 1. The van der Waals surface area contributed by atoms with Gasteiger partial charge in [0.1, 0.15) is 5.82 Å². The van der Waals surface area contributed by atoms with Crippen molar-refractivity contribution in [3.63, 3.8) is 0 Å². The Morgan fingerprint density at radius 1 is 1.17 bits per heavy atom. The van der Waals surface area contributed by atoms with Gasteiger partial charge in [0.15, 0.2) is 11.5 Å². The molecular weight excluding hydrogens is 231 g/mol. The van der Waals surface area contributed by atoms with E-state index < -0.39 is 0 Å². The number of nitrogens with zero attached hydrogens (tertiary/aromatic N) is 3. The molecular formula is C13H11FN4. The van der Waals surface area contributed by atoms with Gasteiger partial charge in [0.25, 0.3) is 0 Å². The second-order valence-corrected chi connectivity index (χ2v) is 4.06. The van der Waals surface area contributed by atoms with Crippen molar-refractivity contribution in [3.05, 3.63) is 47.9 Å². The Morgan fingerprint density at radius 2 is 1.94 bits per heavy atom. The van der Waals surface area contributed by atoms with E-state index in [0.29, 0.717) is 22.7 Å². The van der Waals surface area contributed by atoms with Crippen LogP contribution in [0.5, 0.6) is 0 Å². The molecule has 2 N–H and O–H groups in total. The van der Waals surface area contributed by atoms with Gasteiger partial charge in [-0.3, -0.25) is 0 Å². The quantitative estimate of drug-likeness (QED) is 0.713. The van der Waals surface area contributed by atoms with Gasteiger partial charge in [-0.2, -0.15) is 0 Å². The van der Waals surface area contributed by atoms with E-state index in [4.69, 9.17) is 5.73 Å². The topological polar surface area (TPSA) is 56.2 Å². The standard InChI is InChI=1S/C13H11FN4/c1-8-11(15)6-7-12-16-13(17-18(8)12)9-4-2-3-5-10(9)14/h2-7H,15H2,1H3. The van der Waals surface area contributed by atoms with Crippen LogP contribution in [0.3, 0.4) is 0 Å². The molecule has 18 heavy (non-hydrogen) atoms. The van der Waals surface area contributed by atoms with Crippen molar-refractivity contribution < 1.29 is 4.39 Å². The van der Waals surface area contributed by atoms with Crippen LogP contribution in [-0.4, -0.2) is 14.6 Å². The molecule has 3 rings (SSSR count). The van der Waals surface area contributed by atoms with Crippen molar-refractivity contribution in [3.8, 4) is 11.4 Å². The molecule has 0 unspecified atom stereocenters. The summed E-state index contributed by atoms with van der Waals surface area (Å²) in [6.45, 7) is 1.85. The monoisotopic (exact) mass is 242 g/mol. The molecule has 0 fully saturated rings. The summed E-state index contributed by atoms with van der Waals surface area (Å²) in [6, 6.07) is 9.97. The SMILES string of the molecule is Cc1c(N)ccc2nc(-c3ccccc3F)nn12. The average molecular weight is 242 g/mol. The largest absolute Gasteiger partial charge is 0.397 e. The summed E-state index contributed by atoms with van der Waals surface area (Å²) in [5.41, 5.74) is 8.27. The van der Waals surface area contributed by atoms with Crippen molar-refractivity contribution >= 4 is 11.3 Å². The number of aryl methyl sites for hydroxylation is 1. The lowest BCUT2D eigenvalue weighted by Gasteiger charge is -2.00. The minimum absolute atomic E-state index is 0.334. The van der Waals surface area contributed by atoms with Gasteiger partial charge >= 0.3 is 0 Å². The Hall–Kier alpha value is -2.43. The van der Waals surface area contributed by atoms with Crippen molar-refractivity contribution in [2.75, 3.05) is 5.73 Å². The second-order valence-electron chi connectivity index (χ2n) is 4.06. The molecule has 0 atom stereocenters. The van der Waals surface area contributed by atoms with Crippen molar-refractivity contribution in [1.29, 1.82) is 0 Å². The van der Waals surface area contributed by atoms with Crippen LogP contribution >= 0.6 is 0 Å². The first-order chi connectivity index (χ1) is 8.66. The zero-order chi connectivity index (χ0) is 12.7. The molecule has 0 bridgehead atoms. The zero-order valence-electron chi connectivity index (χ0n) is 9.76. The molecule has 0 aliphatic rings. The predicted molar refractivity (Wildman–Crippen MR) is 67.5 cm³/mol. The number of benzene rings is 1. The van der Waals surface area contributed by atoms with Crippen LogP contribution in [-0.2, 0) is 0 Å². The number of halogens is 1. The maximum Gasteiger partial charge on any atom is 0.185 e. The molecule has 4 nitrogen and oxygen atoms in total. The maximum atomic E-state index is 13.7. The molecule has 90 valence electrons. The van der Waals surface area contributed by atoms with Gasteiger partial charge < -0.3 is 5.73 Å². The number of hydrogen-bond donors (Lipinski definition) is 1. The van der Waals surface area contributed by atoms with Crippen LogP contribution < -0.4 is 5.73 Å². The van der Waals surface area contributed by atoms with Gasteiger partial charge in [-0.15, -0.1) is 5.10 Å². The molecule has 2 heterocycles. The van der Waals surface area contributed by atoms with E-state index in [2.05, 4.69) is 10.1 Å². The minimum atomic E-state index is -0.334. The van der Waals surface area contributed by atoms with E-state index >= 15 is 0 Å². The highest BCUT2D eigenvalue weighted by molar-refractivity contribution is 5.60. The Morgan fingerprint density at radius 3 is 2.72 bits per heavy atom. The fraction of sp³-hybridized carbons (Fsp3) is 0.0769. The van der Waals surface area contributed by atoms with Crippen LogP contribution in [0.2, 0.25) is 0 Å². The van der Waals surface area contributed by atoms with Crippen LogP contribution in [0.25, 0.3) is 17.0 Å². The number of hydrogen-bond acceptors (Lipinski definition) is 3. The van der Waals surface area contributed by atoms with E-state index in [9.17, 15) is 4.39 Å². The first-order valence-electron chi connectivity index (χ1n) is 5.53. The molecule has 1 aromatic carbocycles. The molecule has 5 heteroatoms. The van der Waals surface area contributed by atoms with E-state index in [1.54, 1.807) is 34.8 Å². The lowest BCUT2D eigenvalue weighted by atomic mass is 10.2. The van der Waals surface area contributed by atoms with Crippen molar-refractivity contribution in [1.82, 2.24) is 14.6 Å². The lowest BCUT2D eigenvalue weighted by molar-refractivity contribution is 0.630.